The summed E-state index contributed by atoms with van der Waals surface area (Å²) in [4.78, 5) is 25.3. The number of hydrogen-bond donors (Lipinski definition) is 3. The van der Waals surface area contributed by atoms with Gasteiger partial charge in [0.15, 0.2) is 13.1 Å². The van der Waals surface area contributed by atoms with E-state index in [1.54, 1.807) is 31.4 Å². The van der Waals surface area contributed by atoms with Gasteiger partial charge in [0.1, 0.15) is 5.75 Å². The molecule has 6 heteroatoms. The summed E-state index contributed by atoms with van der Waals surface area (Å²) in [5, 5.41) is 5.70. The Labute approximate surface area is 176 Å². The molecule has 0 bridgehead atoms. The molecule has 6 nitrogen and oxygen atoms in total. The minimum atomic E-state index is -0.155. The maximum atomic E-state index is 12.3. The number of benzene rings is 3. The van der Waals surface area contributed by atoms with Crippen molar-refractivity contribution < 1.29 is 19.2 Å². The fourth-order valence-corrected chi connectivity index (χ4v) is 3.07. The van der Waals surface area contributed by atoms with E-state index in [9.17, 15) is 9.59 Å². The average Bonchev–Trinajstić information content (AvgIpc) is 2.75. The van der Waals surface area contributed by atoms with Gasteiger partial charge in [0.2, 0.25) is 0 Å². The first-order valence-corrected chi connectivity index (χ1v) is 9.74. The van der Waals surface area contributed by atoms with Crippen LogP contribution in [0.2, 0.25) is 0 Å². The van der Waals surface area contributed by atoms with Crippen LogP contribution in [0.4, 0.5) is 11.4 Å². The number of amides is 2. The van der Waals surface area contributed by atoms with Crippen molar-refractivity contribution in [2.24, 2.45) is 0 Å². The van der Waals surface area contributed by atoms with E-state index in [2.05, 4.69) is 10.6 Å². The van der Waals surface area contributed by atoms with Gasteiger partial charge in [-0.15, -0.1) is 0 Å². The molecule has 154 valence electrons. The Morgan fingerprint density at radius 3 is 1.70 bits per heavy atom. The molecule has 0 aliphatic carbocycles. The number of quaternary nitrogens is 1. The number of hydrogen-bond acceptors (Lipinski definition) is 3. The predicted octanol–water partition coefficient (Wildman–Crippen LogP) is 2.45. The molecule has 0 aliphatic rings. The molecule has 30 heavy (non-hydrogen) atoms. The summed E-state index contributed by atoms with van der Waals surface area (Å²) in [6.45, 7) is 0.378. The Kier molecular flexibility index (Phi) is 7.19. The monoisotopic (exact) mass is 404 g/mol. The highest BCUT2D eigenvalue weighted by Gasteiger charge is 2.14. The summed E-state index contributed by atoms with van der Waals surface area (Å²) in [5.74, 6) is 0.430. The highest BCUT2D eigenvalue weighted by atomic mass is 16.5. The van der Waals surface area contributed by atoms with E-state index in [0.717, 1.165) is 27.5 Å². The topological polar surface area (TPSA) is 71.9 Å². The third-order valence-corrected chi connectivity index (χ3v) is 4.57. The quantitative estimate of drug-likeness (QED) is 0.540. The zero-order chi connectivity index (χ0) is 21.3. The lowest BCUT2D eigenvalue weighted by Gasteiger charge is -2.14. The molecule has 1 atom stereocenters. The summed E-state index contributed by atoms with van der Waals surface area (Å²) in [6.07, 6.45) is 0. The molecule has 3 N–H and O–H groups in total. The molecule has 3 aromatic carbocycles. The van der Waals surface area contributed by atoms with Gasteiger partial charge in [-0.25, -0.2) is 0 Å². The Bertz CT molecular complexity index is 971. The molecule has 3 rings (SSSR count). The van der Waals surface area contributed by atoms with Crippen molar-refractivity contribution in [2.75, 3.05) is 37.9 Å². The van der Waals surface area contributed by atoms with Gasteiger partial charge in [0, 0.05) is 11.4 Å². The van der Waals surface area contributed by atoms with Crippen LogP contribution in [-0.4, -0.2) is 39.1 Å². The lowest BCUT2D eigenvalue weighted by molar-refractivity contribution is -0.862. The van der Waals surface area contributed by atoms with Crippen LogP contribution >= 0.6 is 0 Å². The van der Waals surface area contributed by atoms with Crippen LogP contribution in [0, 0.1) is 0 Å². The third kappa shape index (κ3) is 6.18. The molecular formula is C24H26N3O3+. The van der Waals surface area contributed by atoms with Crippen molar-refractivity contribution in [3.63, 3.8) is 0 Å². The van der Waals surface area contributed by atoms with Gasteiger partial charge in [-0.05, 0) is 47.5 Å². The second-order valence-corrected chi connectivity index (χ2v) is 7.08. The normalized spacial score (nSPS) is 11.4. The Morgan fingerprint density at radius 2 is 1.20 bits per heavy atom. The first-order valence-electron chi connectivity index (χ1n) is 9.74. The maximum absolute atomic E-state index is 12.3. The molecule has 2 amide bonds. The smallest absolute Gasteiger partial charge is 0.279 e. The largest absolute Gasteiger partial charge is 0.497 e. The van der Waals surface area contributed by atoms with Gasteiger partial charge in [-0.2, -0.15) is 0 Å². The van der Waals surface area contributed by atoms with E-state index in [1.165, 1.54) is 0 Å². The highest BCUT2D eigenvalue weighted by molar-refractivity contribution is 5.93. The number of carbonyl (C=O) groups excluding carboxylic acids is 2. The SMILES string of the molecule is COc1ccc(NC(=O)C[NH+](C)CC(=O)Nc2ccc(-c3ccccc3)cc2)cc1. The Morgan fingerprint density at radius 1 is 0.733 bits per heavy atom. The van der Waals surface area contributed by atoms with Crippen LogP contribution < -0.4 is 20.3 Å². The van der Waals surface area contributed by atoms with Crippen molar-refractivity contribution in [3.8, 4) is 16.9 Å². The second kappa shape index (κ2) is 10.2. The van der Waals surface area contributed by atoms with Gasteiger partial charge in [-0.3, -0.25) is 9.59 Å². The second-order valence-electron chi connectivity index (χ2n) is 7.08. The van der Waals surface area contributed by atoms with E-state index in [4.69, 9.17) is 4.74 Å². The number of likely N-dealkylation sites (N-methyl/N-ethyl adjacent to an activating group) is 1. The van der Waals surface area contributed by atoms with Crippen LogP contribution in [0.3, 0.4) is 0 Å². The van der Waals surface area contributed by atoms with Crippen molar-refractivity contribution in [1.82, 2.24) is 0 Å². The molecule has 0 saturated heterocycles. The van der Waals surface area contributed by atoms with Crippen molar-refractivity contribution in [1.29, 1.82) is 0 Å². The summed E-state index contributed by atoms with van der Waals surface area (Å²) in [6, 6.07) is 24.9. The molecule has 0 spiro atoms. The zero-order valence-electron chi connectivity index (χ0n) is 17.1. The highest BCUT2D eigenvalue weighted by Crippen LogP contribution is 2.20. The number of nitrogens with one attached hydrogen (secondary N) is 3. The van der Waals surface area contributed by atoms with E-state index < -0.39 is 0 Å². The summed E-state index contributed by atoms with van der Waals surface area (Å²) in [5.41, 5.74) is 3.64. The minimum Gasteiger partial charge on any atom is -0.497 e. The van der Waals surface area contributed by atoms with Gasteiger partial charge in [0.05, 0.1) is 14.2 Å². The molecule has 0 fully saturated rings. The van der Waals surface area contributed by atoms with Crippen LogP contribution in [0.15, 0.2) is 78.9 Å². The van der Waals surface area contributed by atoms with Crippen molar-refractivity contribution in [2.45, 2.75) is 0 Å². The van der Waals surface area contributed by atoms with E-state index >= 15 is 0 Å². The van der Waals surface area contributed by atoms with Crippen LogP contribution in [0.5, 0.6) is 5.75 Å². The van der Waals surface area contributed by atoms with Gasteiger partial charge in [0.25, 0.3) is 11.8 Å². The first kappa shape index (κ1) is 21.1. The molecule has 0 radical (unpaired) electrons. The van der Waals surface area contributed by atoms with Gasteiger partial charge >= 0.3 is 0 Å². The first-order chi connectivity index (χ1) is 14.5. The molecular weight excluding hydrogens is 378 g/mol. The molecule has 0 aliphatic heterocycles. The predicted molar refractivity (Wildman–Crippen MR) is 119 cm³/mol. The summed E-state index contributed by atoms with van der Waals surface area (Å²) in [7, 11) is 3.40. The molecule has 0 heterocycles. The van der Waals surface area contributed by atoms with Gasteiger partial charge < -0.3 is 20.3 Å². The number of carbonyl (C=O) groups is 2. The lowest BCUT2D eigenvalue weighted by atomic mass is 10.1. The van der Waals surface area contributed by atoms with Crippen molar-refractivity contribution >= 4 is 23.2 Å². The van der Waals surface area contributed by atoms with E-state index in [-0.39, 0.29) is 24.9 Å². The standard InChI is InChI=1S/C24H25N3O3/c1-27(17-24(29)26-21-12-14-22(30-2)15-13-21)16-23(28)25-20-10-8-19(9-11-20)18-6-4-3-5-7-18/h3-15H,16-17H2,1-2H3,(H,25,28)(H,26,29)/p+1. The Hall–Kier alpha value is -3.64. The van der Waals surface area contributed by atoms with E-state index in [1.807, 2.05) is 61.6 Å². The average molecular weight is 404 g/mol. The number of methoxy groups -OCH3 is 1. The lowest BCUT2D eigenvalue weighted by Crippen LogP contribution is -3.11. The fraction of sp³-hybridized carbons (Fsp3) is 0.167. The summed E-state index contributed by atoms with van der Waals surface area (Å²) < 4.78 is 5.10. The van der Waals surface area contributed by atoms with Crippen LogP contribution in [0.25, 0.3) is 11.1 Å². The minimum absolute atomic E-state index is 0.141. The number of ether oxygens (including phenoxy) is 1. The maximum Gasteiger partial charge on any atom is 0.279 e. The van der Waals surface area contributed by atoms with Crippen LogP contribution in [0.1, 0.15) is 0 Å². The molecule has 1 unspecified atom stereocenters. The van der Waals surface area contributed by atoms with E-state index in [0.29, 0.717) is 5.69 Å². The van der Waals surface area contributed by atoms with Gasteiger partial charge in [-0.1, -0.05) is 42.5 Å². The number of anilines is 2. The third-order valence-electron chi connectivity index (χ3n) is 4.57. The Balaban J connectivity index is 1.46. The molecule has 3 aromatic rings. The number of rotatable bonds is 8. The molecule has 0 aromatic heterocycles. The zero-order valence-corrected chi connectivity index (χ0v) is 17.1. The summed E-state index contributed by atoms with van der Waals surface area (Å²) >= 11 is 0. The van der Waals surface area contributed by atoms with Crippen LogP contribution in [-0.2, 0) is 9.59 Å². The fourth-order valence-electron chi connectivity index (χ4n) is 3.07. The molecule has 0 saturated carbocycles. The van der Waals surface area contributed by atoms with Crippen molar-refractivity contribution in [3.05, 3.63) is 78.9 Å².